The quantitative estimate of drug-likeness (QED) is 0.147. The molecular formula is C70H64F4N2. The monoisotopic (exact) mass is 1010 g/mol. The van der Waals surface area contributed by atoms with Gasteiger partial charge in [-0.25, -0.2) is 17.6 Å². The van der Waals surface area contributed by atoms with Crippen molar-refractivity contribution in [3.05, 3.63) is 215 Å². The molecule has 0 spiro atoms. The highest BCUT2D eigenvalue weighted by Crippen LogP contribution is 2.45. The van der Waals surface area contributed by atoms with Gasteiger partial charge in [0, 0.05) is 45.1 Å². The zero-order chi connectivity index (χ0) is 54.0. The van der Waals surface area contributed by atoms with Crippen molar-refractivity contribution in [2.75, 3.05) is 0 Å². The molecule has 76 heavy (non-hydrogen) atoms. The summed E-state index contributed by atoms with van der Waals surface area (Å²) in [5, 5.41) is 4.68. The van der Waals surface area contributed by atoms with E-state index < -0.39 is 23.3 Å². The molecule has 11 aromatic rings. The molecule has 2 aromatic heterocycles. The molecule has 0 unspecified atom stereocenters. The van der Waals surface area contributed by atoms with Gasteiger partial charge in [0.1, 0.15) is 23.3 Å². The second-order valence-corrected chi connectivity index (χ2v) is 25.0. The van der Waals surface area contributed by atoms with Crippen LogP contribution in [0.2, 0.25) is 0 Å². The molecule has 11 rings (SSSR count). The van der Waals surface area contributed by atoms with E-state index in [1.807, 2.05) is 36.4 Å². The highest BCUT2D eigenvalue weighted by Gasteiger charge is 2.25. The fourth-order valence-electron chi connectivity index (χ4n) is 11.0. The minimum atomic E-state index is -0.718. The molecule has 0 radical (unpaired) electrons. The molecule has 0 bridgehead atoms. The van der Waals surface area contributed by atoms with Crippen molar-refractivity contribution in [3.63, 3.8) is 0 Å². The molecule has 0 amide bonds. The van der Waals surface area contributed by atoms with Crippen molar-refractivity contribution >= 4 is 43.6 Å². The van der Waals surface area contributed by atoms with Crippen LogP contribution in [-0.4, -0.2) is 9.13 Å². The lowest BCUT2D eigenvalue weighted by Crippen LogP contribution is -2.10. The molecule has 0 N–H and O–H groups in total. The number of hydrogen-bond acceptors (Lipinski definition) is 0. The Hall–Kier alpha value is -7.70. The Labute approximate surface area is 444 Å². The lowest BCUT2D eigenvalue weighted by Gasteiger charge is -2.20. The first kappa shape index (κ1) is 50.5. The minimum Gasteiger partial charge on any atom is -0.309 e. The van der Waals surface area contributed by atoms with Crippen molar-refractivity contribution in [2.24, 2.45) is 0 Å². The van der Waals surface area contributed by atoms with E-state index in [-0.39, 0.29) is 21.7 Å². The molecular weight excluding hydrogens is 945 g/mol. The largest absolute Gasteiger partial charge is 0.309 e. The predicted octanol–water partition coefficient (Wildman–Crippen LogP) is 20.3. The Balaban J connectivity index is 1.10. The van der Waals surface area contributed by atoms with E-state index >= 15 is 17.6 Å². The fraction of sp³-hybridized carbons (Fsp3) is 0.229. The summed E-state index contributed by atoms with van der Waals surface area (Å²) in [6.45, 7) is 26.8. The maximum atomic E-state index is 15.4. The molecule has 0 saturated heterocycles. The van der Waals surface area contributed by atoms with E-state index in [0.29, 0.717) is 33.4 Å². The summed E-state index contributed by atoms with van der Waals surface area (Å²) < 4.78 is 66.1. The zero-order valence-corrected chi connectivity index (χ0v) is 45.6. The minimum absolute atomic E-state index is 0.0508. The zero-order valence-electron chi connectivity index (χ0n) is 45.6. The van der Waals surface area contributed by atoms with Gasteiger partial charge in [-0.15, -0.1) is 0 Å². The molecule has 0 aliphatic rings. The average molecular weight is 1010 g/mol. The van der Waals surface area contributed by atoms with Crippen LogP contribution >= 0.6 is 0 Å². The van der Waals surface area contributed by atoms with Gasteiger partial charge in [0.2, 0.25) is 0 Å². The SMILES string of the molecule is CC(C)(C)c1ccc2c(c1)c1cc(C(C)(C)C)ccc1n2-c1ccc(-c2cc(-c3cc(F)cc(F)c3)c(-c3ccc(-n4c5ccc(C(C)(C)C)cc5c5cc(C(C)(C)C)ccc54)cc3)cc2-c2cc(F)cc(F)c2)cc1. The van der Waals surface area contributed by atoms with E-state index in [0.717, 1.165) is 56.7 Å². The van der Waals surface area contributed by atoms with E-state index in [4.69, 9.17) is 0 Å². The van der Waals surface area contributed by atoms with E-state index in [1.54, 1.807) is 0 Å². The molecule has 0 aliphatic heterocycles. The lowest BCUT2D eigenvalue weighted by molar-refractivity contribution is 0.583. The van der Waals surface area contributed by atoms with E-state index in [2.05, 4.69) is 189 Å². The van der Waals surface area contributed by atoms with Crippen molar-refractivity contribution in [1.82, 2.24) is 9.13 Å². The molecule has 6 heteroatoms. The van der Waals surface area contributed by atoms with Gasteiger partial charge in [-0.3, -0.25) is 0 Å². The molecule has 2 nitrogen and oxygen atoms in total. The number of aromatic nitrogens is 2. The lowest BCUT2D eigenvalue weighted by atomic mass is 9.85. The first-order valence-electron chi connectivity index (χ1n) is 26.3. The van der Waals surface area contributed by atoms with Crippen LogP contribution in [0, 0.1) is 23.3 Å². The van der Waals surface area contributed by atoms with Crippen LogP contribution in [0.15, 0.2) is 170 Å². The van der Waals surface area contributed by atoms with Crippen LogP contribution in [0.25, 0.3) is 99.5 Å². The molecule has 0 fully saturated rings. The highest BCUT2D eigenvalue weighted by atomic mass is 19.1. The van der Waals surface area contributed by atoms with Crippen LogP contribution in [0.3, 0.4) is 0 Å². The van der Waals surface area contributed by atoms with E-state index in [1.165, 1.54) is 68.1 Å². The number of hydrogen-bond donors (Lipinski definition) is 0. The normalized spacial score (nSPS) is 12.7. The third-order valence-corrected chi connectivity index (χ3v) is 15.4. The van der Waals surface area contributed by atoms with Crippen LogP contribution in [-0.2, 0) is 21.7 Å². The number of benzene rings is 9. The summed E-state index contributed by atoms with van der Waals surface area (Å²) in [5.41, 5.74) is 15.5. The molecule has 2 heterocycles. The van der Waals surface area contributed by atoms with Crippen LogP contribution in [0.4, 0.5) is 17.6 Å². The maximum absolute atomic E-state index is 15.4. The Morgan fingerprint density at radius 1 is 0.250 bits per heavy atom. The van der Waals surface area contributed by atoms with Gasteiger partial charge in [-0.05, 0) is 198 Å². The number of halogens is 4. The molecule has 0 saturated carbocycles. The third kappa shape index (κ3) is 9.10. The predicted molar refractivity (Wildman–Crippen MR) is 311 cm³/mol. The molecule has 0 aliphatic carbocycles. The van der Waals surface area contributed by atoms with Crippen LogP contribution < -0.4 is 0 Å². The van der Waals surface area contributed by atoms with Crippen LogP contribution in [0.5, 0.6) is 0 Å². The number of fused-ring (bicyclic) bond motifs is 6. The summed E-state index contributed by atoms with van der Waals surface area (Å²) in [6.07, 6.45) is 0. The van der Waals surface area contributed by atoms with Crippen molar-refractivity contribution in [2.45, 2.75) is 105 Å². The van der Waals surface area contributed by atoms with Gasteiger partial charge in [0.15, 0.2) is 0 Å². The van der Waals surface area contributed by atoms with E-state index in [9.17, 15) is 0 Å². The van der Waals surface area contributed by atoms with Crippen molar-refractivity contribution < 1.29 is 17.6 Å². The summed E-state index contributed by atoms with van der Waals surface area (Å²) in [6, 6.07) is 54.1. The molecule has 382 valence electrons. The summed E-state index contributed by atoms with van der Waals surface area (Å²) in [5.74, 6) is -2.87. The first-order chi connectivity index (χ1) is 35.8. The Morgan fingerprint density at radius 2 is 0.487 bits per heavy atom. The van der Waals surface area contributed by atoms with Crippen LogP contribution in [0.1, 0.15) is 105 Å². The van der Waals surface area contributed by atoms with Gasteiger partial charge in [-0.1, -0.05) is 132 Å². The summed E-state index contributed by atoms with van der Waals surface area (Å²) in [7, 11) is 0. The fourth-order valence-corrected chi connectivity index (χ4v) is 11.0. The van der Waals surface area contributed by atoms with Gasteiger partial charge < -0.3 is 9.13 Å². The first-order valence-corrected chi connectivity index (χ1v) is 26.3. The second kappa shape index (κ2) is 18.0. The highest BCUT2D eigenvalue weighted by molar-refractivity contribution is 6.11. The Kier molecular flexibility index (Phi) is 11.9. The van der Waals surface area contributed by atoms with Gasteiger partial charge in [0.05, 0.1) is 22.1 Å². The average Bonchev–Trinajstić information content (AvgIpc) is 3.86. The van der Waals surface area contributed by atoms with Gasteiger partial charge in [0.25, 0.3) is 0 Å². The summed E-state index contributed by atoms with van der Waals surface area (Å²) >= 11 is 0. The molecule has 9 aromatic carbocycles. The number of rotatable bonds is 6. The molecule has 0 atom stereocenters. The third-order valence-electron chi connectivity index (χ3n) is 15.4. The van der Waals surface area contributed by atoms with Crippen molar-refractivity contribution in [1.29, 1.82) is 0 Å². The smallest absolute Gasteiger partial charge is 0.126 e. The Bertz CT molecular complexity index is 3650. The van der Waals surface area contributed by atoms with Crippen molar-refractivity contribution in [3.8, 4) is 55.9 Å². The Morgan fingerprint density at radius 3 is 0.724 bits per heavy atom. The number of nitrogens with zero attached hydrogens (tertiary/aromatic N) is 2. The van der Waals surface area contributed by atoms with Gasteiger partial charge >= 0.3 is 0 Å². The standard InChI is InChI=1S/C70H64F4N2/c1-67(2,3)45-17-25-63-59(33-45)60-34-46(68(4,5)6)18-26-64(60)75(63)53-21-13-41(14-22-53)55-39-58(44-31-51(73)38-52(74)32-44)56(40-57(55)43-29-49(71)37-50(72)30-43)42-15-23-54(24-16-42)76-65-27-19-47(69(7,8)9)35-61(65)62-36-48(70(10,11)12)20-28-66(62)76/h13-40H,1-12H3. The maximum Gasteiger partial charge on any atom is 0.126 e. The second-order valence-electron chi connectivity index (χ2n) is 25.0. The topological polar surface area (TPSA) is 9.86 Å². The van der Waals surface area contributed by atoms with Gasteiger partial charge in [-0.2, -0.15) is 0 Å². The summed E-state index contributed by atoms with van der Waals surface area (Å²) in [4.78, 5) is 0.